The van der Waals surface area contributed by atoms with Crippen LogP contribution in [0.3, 0.4) is 0 Å². The number of alkyl halides is 3. The van der Waals surface area contributed by atoms with Crippen molar-refractivity contribution in [2.24, 2.45) is 7.05 Å². The summed E-state index contributed by atoms with van der Waals surface area (Å²) in [4.78, 5) is 24.2. The average molecular weight is 405 g/mol. The lowest BCUT2D eigenvalue weighted by atomic mass is 10.1. The zero-order valence-electron chi connectivity index (χ0n) is 15.4. The number of urea groups is 1. The fourth-order valence-electron chi connectivity index (χ4n) is 2.69. The Labute approximate surface area is 163 Å². The molecule has 0 aliphatic rings. The van der Waals surface area contributed by atoms with Gasteiger partial charge in [0.2, 0.25) is 0 Å². The minimum atomic E-state index is -4.49. The molecule has 2 aromatic carbocycles. The topological polar surface area (TPSA) is 81.0 Å². The third kappa shape index (κ3) is 4.84. The molecule has 0 saturated heterocycles. The van der Waals surface area contributed by atoms with Crippen LogP contribution in [0.5, 0.6) is 0 Å². The molecule has 0 saturated carbocycles. The van der Waals surface area contributed by atoms with Gasteiger partial charge in [-0.15, -0.1) is 5.10 Å². The fourth-order valence-corrected chi connectivity index (χ4v) is 2.69. The molecule has 0 aliphatic heterocycles. The molecule has 10 heteroatoms. The molecule has 1 aromatic heterocycles. The highest BCUT2D eigenvalue weighted by atomic mass is 19.4. The summed E-state index contributed by atoms with van der Waals surface area (Å²) in [6.45, 7) is 0.172. The third-order valence-electron chi connectivity index (χ3n) is 4.13. The number of nitrogens with zero attached hydrogens (tertiary/aromatic N) is 3. The van der Waals surface area contributed by atoms with Crippen LogP contribution in [0.2, 0.25) is 0 Å². The summed E-state index contributed by atoms with van der Waals surface area (Å²) in [5.74, 6) is 0.106. The predicted molar refractivity (Wildman–Crippen MR) is 101 cm³/mol. The number of benzene rings is 2. The van der Waals surface area contributed by atoms with Crippen molar-refractivity contribution in [3.05, 3.63) is 70.6 Å². The van der Waals surface area contributed by atoms with Crippen molar-refractivity contribution in [1.82, 2.24) is 19.7 Å². The number of amides is 2. The van der Waals surface area contributed by atoms with Crippen molar-refractivity contribution >= 4 is 11.7 Å². The smallest absolute Gasteiger partial charge is 0.336 e. The Balaban J connectivity index is 1.68. The fraction of sp³-hybridized carbons (Fsp3) is 0.211. The van der Waals surface area contributed by atoms with E-state index in [0.29, 0.717) is 5.69 Å². The lowest BCUT2D eigenvalue weighted by molar-refractivity contribution is -0.137. The van der Waals surface area contributed by atoms with Gasteiger partial charge in [0, 0.05) is 24.8 Å². The molecule has 0 fully saturated rings. The quantitative estimate of drug-likeness (QED) is 0.685. The molecule has 3 aromatic rings. The molecule has 3 rings (SSSR count). The average Bonchev–Trinajstić information content (AvgIpc) is 2.97. The van der Waals surface area contributed by atoms with E-state index >= 15 is 0 Å². The van der Waals surface area contributed by atoms with Crippen LogP contribution in [0.25, 0.3) is 11.4 Å². The number of para-hydroxylation sites is 1. The Bertz CT molecular complexity index is 1060. The SMILES string of the molecule is Cn1c(-c2cccc(C(F)(F)F)c2)nn(CCNC(=O)Nc2ccccc2)c1=O. The van der Waals surface area contributed by atoms with Gasteiger partial charge in [-0.3, -0.25) is 4.57 Å². The second-order valence-electron chi connectivity index (χ2n) is 6.21. The highest BCUT2D eigenvalue weighted by molar-refractivity contribution is 5.89. The van der Waals surface area contributed by atoms with Gasteiger partial charge in [0.1, 0.15) is 0 Å². The monoisotopic (exact) mass is 405 g/mol. The molecule has 1 heterocycles. The number of aromatic nitrogens is 3. The van der Waals surface area contributed by atoms with Crippen LogP contribution in [0.4, 0.5) is 23.7 Å². The molecule has 0 spiro atoms. The number of hydrogen-bond acceptors (Lipinski definition) is 3. The first-order valence-corrected chi connectivity index (χ1v) is 8.67. The number of nitrogens with one attached hydrogen (secondary N) is 2. The first-order valence-electron chi connectivity index (χ1n) is 8.67. The molecular formula is C19H18F3N5O2. The van der Waals surface area contributed by atoms with Crippen LogP contribution in [0.1, 0.15) is 5.56 Å². The molecule has 2 N–H and O–H groups in total. The zero-order valence-corrected chi connectivity index (χ0v) is 15.4. The first kappa shape index (κ1) is 20.2. The standard InChI is InChI=1S/C19H18F3N5O2/c1-26-16(13-6-5-7-14(12-13)19(20,21)22)25-27(18(26)29)11-10-23-17(28)24-15-8-3-2-4-9-15/h2-9,12H,10-11H2,1H3,(H2,23,24,28). The first-order chi connectivity index (χ1) is 13.8. The Hall–Kier alpha value is -3.56. The molecule has 0 aliphatic carbocycles. The van der Waals surface area contributed by atoms with E-state index in [1.54, 1.807) is 24.3 Å². The lowest BCUT2D eigenvalue weighted by Gasteiger charge is -2.08. The molecule has 152 valence electrons. The lowest BCUT2D eigenvalue weighted by Crippen LogP contribution is -2.34. The molecular weight excluding hydrogens is 387 g/mol. The number of anilines is 1. The highest BCUT2D eigenvalue weighted by Crippen LogP contribution is 2.31. The number of carbonyl (C=O) groups excluding carboxylic acids is 1. The van der Waals surface area contributed by atoms with Crippen LogP contribution < -0.4 is 16.3 Å². The number of halogens is 3. The van der Waals surface area contributed by atoms with E-state index in [-0.39, 0.29) is 24.5 Å². The maximum Gasteiger partial charge on any atom is 0.416 e. The second kappa shape index (κ2) is 8.21. The van der Waals surface area contributed by atoms with Gasteiger partial charge >= 0.3 is 17.9 Å². The van der Waals surface area contributed by atoms with E-state index < -0.39 is 23.5 Å². The van der Waals surface area contributed by atoms with Crippen molar-refractivity contribution in [2.45, 2.75) is 12.7 Å². The van der Waals surface area contributed by atoms with Crippen LogP contribution in [-0.2, 0) is 19.8 Å². The van der Waals surface area contributed by atoms with Crippen LogP contribution >= 0.6 is 0 Å². The summed E-state index contributed by atoms with van der Waals surface area (Å²) < 4.78 is 41.0. The van der Waals surface area contributed by atoms with E-state index in [4.69, 9.17) is 0 Å². The van der Waals surface area contributed by atoms with E-state index in [2.05, 4.69) is 15.7 Å². The van der Waals surface area contributed by atoms with E-state index in [9.17, 15) is 22.8 Å². The number of hydrogen-bond donors (Lipinski definition) is 2. The Morgan fingerprint density at radius 1 is 1.10 bits per heavy atom. The second-order valence-corrected chi connectivity index (χ2v) is 6.21. The molecule has 0 radical (unpaired) electrons. The molecule has 0 unspecified atom stereocenters. The summed E-state index contributed by atoms with van der Waals surface area (Å²) in [5, 5.41) is 9.34. The molecule has 2 amide bonds. The Kier molecular flexibility index (Phi) is 5.71. The van der Waals surface area contributed by atoms with Crippen LogP contribution in [0.15, 0.2) is 59.4 Å². The molecule has 0 atom stereocenters. The molecule has 29 heavy (non-hydrogen) atoms. The van der Waals surface area contributed by atoms with Crippen molar-refractivity contribution < 1.29 is 18.0 Å². The minimum Gasteiger partial charge on any atom is -0.336 e. The summed E-state index contributed by atoms with van der Waals surface area (Å²) in [6, 6.07) is 13.0. The van der Waals surface area contributed by atoms with E-state index in [0.717, 1.165) is 16.8 Å². The largest absolute Gasteiger partial charge is 0.416 e. The zero-order chi connectivity index (χ0) is 21.0. The summed E-state index contributed by atoms with van der Waals surface area (Å²) in [7, 11) is 1.43. The maximum atomic E-state index is 12.9. The van der Waals surface area contributed by atoms with Gasteiger partial charge in [0.05, 0.1) is 12.1 Å². The van der Waals surface area contributed by atoms with E-state index in [1.807, 2.05) is 6.07 Å². The Morgan fingerprint density at radius 2 is 1.83 bits per heavy atom. The molecule has 0 bridgehead atoms. The van der Waals surface area contributed by atoms with Gasteiger partial charge in [0.15, 0.2) is 5.82 Å². The van der Waals surface area contributed by atoms with Gasteiger partial charge < -0.3 is 10.6 Å². The van der Waals surface area contributed by atoms with Gasteiger partial charge in [-0.05, 0) is 24.3 Å². The van der Waals surface area contributed by atoms with Gasteiger partial charge in [-0.25, -0.2) is 14.3 Å². The van der Waals surface area contributed by atoms with Crippen molar-refractivity contribution in [2.75, 3.05) is 11.9 Å². The predicted octanol–water partition coefficient (Wildman–Crippen LogP) is 3.09. The third-order valence-corrected chi connectivity index (χ3v) is 4.13. The summed E-state index contributed by atoms with van der Waals surface area (Å²) in [6.07, 6.45) is -4.49. The number of carbonyl (C=O) groups is 1. The Morgan fingerprint density at radius 3 is 2.52 bits per heavy atom. The minimum absolute atomic E-state index is 0.0633. The van der Waals surface area contributed by atoms with Gasteiger partial charge in [0.25, 0.3) is 0 Å². The van der Waals surface area contributed by atoms with Crippen molar-refractivity contribution in [3.8, 4) is 11.4 Å². The van der Waals surface area contributed by atoms with Crippen molar-refractivity contribution in [1.29, 1.82) is 0 Å². The van der Waals surface area contributed by atoms with E-state index in [1.165, 1.54) is 23.7 Å². The van der Waals surface area contributed by atoms with Gasteiger partial charge in [-0.1, -0.05) is 30.3 Å². The highest BCUT2D eigenvalue weighted by Gasteiger charge is 2.30. The van der Waals surface area contributed by atoms with Gasteiger partial charge in [-0.2, -0.15) is 13.2 Å². The number of rotatable bonds is 5. The normalized spacial score (nSPS) is 11.3. The summed E-state index contributed by atoms with van der Waals surface area (Å²) in [5.41, 5.74) is -0.529. The van der Waals surface area contributed by atoms with Crippen molar-refractivity contribution in [3.63, 3.8) is 0 Å². The maximum absolute atomic E-state index is 12.9. The van der Waals surface area contributed by atoms with Crippen LogP contribution in [0, 0.1) is 0 Å². The molecule has 7 nitrogen and oxygen atoms in total. The summed E-state index contributed by atoms with van der Waals surface area (Å²) >= 11 is 0. The van der Waals surface area contributed by atoms with Crippen LogP contribution in [-0.4, -0.2) is 26.9 Å².